The van der Waals surface area contributed by atoms with Gasteiger partial charge in [0.05, 0.1) is 0 Å². The van der Waals surface area contributed by atoms with Crippen LogP contribution in [0.25, 0.3) is 0 Å². The van der Waals surface area contributed by atoms with Crippen molar-refractivity contribution in [1.29, 1.82) is 0 Å². The summed E-state index contributed by atoms with van der Waals surface area (Å²) in [5.74, 6) is 4.42. The molecular formula is C9H24AlN2. The molecule has 2 nitrogen and oxygen atoms in total. The predicted molar refractivity (Wildman–Crippen MR) is 58.6 cm³/mol. The van der Waals surface area contributed by atoms with E-state index in [-0.39, 0.29) is 11.5 Å². The Bertz CT molecular complexity index is 94.5. The van der Waals surface area contributed by atoms with Gasteiger partial charge in [-0.25, -0.2) is 0 Å². The standard InChI is InChI=1S/C7H18N2.2CH3.Al/c1-4-7(2,3)6(9)5-8;;;/h6H,4-5,8-9H2,1-3H3;2*1H3;. The predicted octanol–water partition coefficient (Wildman–Crippen LogP) is 1.50. The summed E-state index contributed by atoms with van der Waals surface area (Å²) in [4.78, 5) is 0. The second-order valence-corrected chi connectivity index (χ2v) is 4.92. The summed E-state index contributed by atoms with van der Waals surface area (Å²) in [7, 11) is 0. The molecule has 1 atom stereocenters. The highest BCUT2D eigenvalue weighted by Crippen LogP contribution is 2.22. The topological polar surface area (TPSA) is 52.0 Å². The molecule has 0 aliphatic carbocycles. The van der Waals surface area contributed by atoms with E-state index in [0.717, 1.165) is 21.6 Å². The minimum absolute atomic E-state index is 0.141. The number of hydrogen-bond acceptors (Lipinski definition) is 2. The molecule has 1 unspecified atom stereocenters. The van der Waals surface area contributed by atoms with Crippen molar-refractivity contribution in [2.75, 3.05) is 6.54 Å². The number of hydrogen-bond donors (Lipinski definition) is 2. The van der Waals surface area contributed by atoms with Gasteiger partial charge < -0.3 is 11.5 Å². The van der Waals surface area contributed by atoms with E-state index < -0.39 is 0 Å². The summed E-state index contributed by atoms with van der Waals surface area (Å²) in [6.45, 7) is 7.01. The molecule has 1 radical (unpaired) electrons. The molecule has 0 bridgehead atoms. The largest absolute Gasteiger partial charge is 0.329 e. The van der Waals surface area contributed by atoms with E-state index in [1.165, 1.54) is 0 Å². The summed E-state index contributed by atoms with van der Waals surface area (Å²) in [5, 5.41) is 0. The van der Waals surface area contributed by atoms with Gasteiger partial charge in [-0.2, -0.15) is 0 Å². The Morgan fingerprint density at radius 2 is 1.67 bits per heavy atom. The molecular weight excluding hydrogens is 163 g/mol. The molecule has 4 N–H and O–H groups in total. The van der Waals surface area contributed by atoms with Crippen LogP contribution in [0.15, 0.2) is 0 Å². The fourth-order valence-electron chi connectivity index (χ4n) is 0.581. The van der Waals surface area contributed by atoms with Crippen LogP contribution >= 0.6 is 0 Å². The average Bonchev–Trinajstić information content (AvgIpc) is 2.04. The van der Waals surface area contributed by atoms with E-state index in [2.05, 4.69) is 32.3 Å². The fraction of sp³-hybridized carbons (Fsp3) is 1.00. The Hall–Kier alpha value is 0.452. The molecule has 0 heterocycles. The first kappa shape index (κ1) is 14.9. The van der Waals surface area contributed by atoms with Crippen LogP contribution in [-0.2, 0) is 0 Å². The van der Waals surface area contributed by atoms with Crippen molar-refractivity contribution < 1.29 is 0 Å². The smallest absolute Gasteiger partial charge is 0.191 e. The van der Waals surface area contributed by atoms with Gasteiger partial charge in [0.25, 0.3) is 0 Å². The van der Waals surface area contributed by atoms with Gasteiger partial charge in [-0.15, -0.1) is 11.6 Å². The highest BCUT2D eigenvalue weighted by molar-refractivity contribution is 6.31. The minimum Gasteiger partial charge on any atom is -0.329 e. The molecule has 0 amide bonds. The lowest BCUT2D eigenvalue weighted by atomic mass is 9.82. The molecule has 0 fully saturated rings. The molecule has 0 saturated carbocycles. The SMILES string of the molecule is CCC(C)(C)C(N)CN.[CH3][Al][CH3]. The Kier molecular flexibility index (Phi) is 10.1. The van der Waals surface area contributed by atoms with Crippen LogP contribution < -0.4 is 11.5 Å². The third kappa shape index (κ3) is 7.12. The van der Waals surface area contributed by atoms with Gasteiger partial charge in [-0.05, 0) is 11.8 Å². The first-order chi connectivity index (χ1) is 5.46. The van der Waals surface area contributed by atoms with E-state index >= 15 is 0 Å². The quantitative estimate of drug-likeness (QED) is 0.658. The van der Waals surface area contributed by atoms with Crippen molar-refractivity contribution in [3.05, 3.63) is 0 Å². The molecule has 3 heteroatoms. The van der Waals surface area contributed by atoms with Crippen LogP contribution in [0.5, 0.6) is 0 Å². The van der Waals surface area contributed by atoms with Gasteiger partial charge in [0.15, 0.2) is 15.2 Å². The maximum absolute atomic E-state index is 5.74. The summed E-state index contributed by atoms with van der Waals surface area (Å²) in [6.07, 6.45) is 1.09. The van der Waals surface area contributed by atoms with Gasteiger partial charge in [0.2, 0.25) is 0 Å². The van der Waals surface area contributed by atoms with Crippen molar-refractivity contribution in [2.24, 2.45) is 16.9 Å². The van der Waals surface area contributed by atoms with Gasteiger partial charge in [0, 0.05) is 12.6 Å². The monoisotopic (exact) mass is 187 g/mol. The van der Waals surface area contributed by atoms with Crippen molar-refractivity contribution >= 4 is 15.2 Å². The number of rotatable bonds is 3. The Morgan fingerprint density at radius 3 is 1.75 bits per heavy atom. The Morgan fingerprint density at radius 1 is 1.33 bits per heavy atom. The van der Waals surface area contributed by atoms with Gasteiger partial charge in [0.1, 0.15) is 0 Å². The minimum atomic E-state index is 0.141. The highest BCUT2D eigenvalue weighted by Gasteiger charge is 2.22. The lowest BCUT2D eigenvalue weighted by molar-refractivity contribution is 0.279. The summed E-state index contributed by atoms with van der Waals surface area (Å²) < 4.78 is 0. The van der Waals surface area contributed by atoms with E-state index in [1.54, 1.807) is 0 Å². The van der Waals surface area contributed by atoms with Crippen LogP contribution in [0.3, 0.4) is 0 Å². The number of nitrogens with two attached hydrogens (primary N) is 2. The van der Waals surface area contributed by atoms with Crippen molar-refractivity contribution in [3.8, 4) is 0 Å². The molecule has 12 heavy (non-hydrogen) atoms. The molecule has 0 aliphatic heterocycles. The molecule has 73 valence electrons. The van der Waals surface area contributed by atoms with E-state index in [9.17, 15) is 0 Å². The maximum atomic E-state index is 5.74. The lowest BCUT2D eigenvalue weighted by Gasteiger charge is -2.28. The molecule has 0 aliphatic rings. The maximum Gasteiger partial charge on any atom is 0.191 e. The first-order valence-electron chi connectivity index (χ1n) is 4.65. The molecule has 0 spiro atoms. The molecule has 0 aromatic heterocycles. The lowest BCUT2D eigenvalue weighted by Crippen LogP contribution is -2.42. The molecule has 0 aromatic carbocycles. The summed E-state index contributed by atoms with van der Waals surface area (Å²) in [5.41, 5.74) is 11.3. The zero-order valence-electron chi connectivity index (χ0n) is 9.22. The zero-order chi connectivity index (χ0) is 10.2. The van der Waals surface area contributed by atoms with Gasteiger partial charge in [-0.3, -0.25) is 0 Å². The van der Waals surface area contributed by atoms with Crippen molar-refractivity contribution in [1.82, 2.24) is 0 Å². The first-order valence-corrected chi connectivity index (χ1v) is 6.96. The Balaban J connectivity index is 0. The second-order valence-electron chi connectivity index (χ2n) is 3.76. The van der Waals surface area contributed by atoms with Gasteiger partial charge >= 0.3 is 0 Å². The second kappa shape index (κ2) is 8.07. The molecule has 0 rings (SSSR count). The Labute approximate surface area is 83.8 Å². The average molecular weight is 187 g/mol. The van der Waals surface area contributed by atoms with Crippen molar-refractivity contribution in [2.45, 2.75) is 44.8 Å². The highest BCUT2D eigenvalue weighted by atomic mass is 27.1. The third-order valence-corrected chi connectivity index (χ3v) is 2.17. The zero-order valence-corrected chi connectivity index (χ0v) is 10.4. The van der Waals surface area contributed by atoms with E-state index in [1.807, 2.05) is 0 Å². The summed E-state index contributed by atoms with van der Waals surface area (Å²) in [6, 6.07) is 0.141. The third-order valence-electron chi connectivity index (χ3n) is 2.17. The normalized spacial score (nSPS) is 12.9. The van der Waals surface area contributed by atoms with Crippen LogP contribution in [0.4, 0.5) is 0 Å². The molecule has 0 aromatic rings. The molecule has 0 saturated heterocycles. The van der Waals surface area contributed by atoms with Crippen LogP contribution in [0, 0.1) is 5.41 Å². The van der Waals surface area contributed by atoms with Crippen LogP contribution in [-0.4, -0.2) is 27.8 Å². The summed E-state index contributed by atoms with van der Waals surface area (Å²) >= 11 is 0.750. The van der Waals surface area contributed by atoms with Gasteiger partial charge in [-0.1, -0.05) is 20.8 Å². The van der Waals surface area contributed by atoms with E-state index in [4.69, 9.17) is 11.5 Å². The fourth-order valence-corrected chi connectivity index (χ4v) is 0.581. The van der Waals surface area contributed by atoms with Crippen LogP contribution in [0.1, 0.15) is 27.2 Å². The van der Waals surface area contributed by atoms with Crippen LogP contribution in [0.2, 0.25) is 11.6 Å². The van der Waals surface area contributed by atoms with E-state index in [0.29, 0.717) is 6.54 Å². The van der Waals surface area contributed by atoms with Crippen molar-refractivity contribution in [3.63, 3.8) is 0 Å².